The van der Waals surface area contributed by atoms with Crippen molar-refractivity contribution in [3.8, 4) is 0 Å². The molecule has 0 unspecified atom stereocenters. The van der Waals surface area contributed by atoms with Crippen LogP contribution in [-0.4, -0.2) is 37.2 Å². The molecule has 0 aliphatic heterocycles. The summed E-state index contributed by atoms with van der Waals surface area (Å²) in [6, 6.07) is 5.10. The predicted octanol–water partition coefficient (Wildman–Crippen LogP) is 3.23. The average molecular weight is 451 g/mol. The molecule has 0 amide bonds. The molecule has 0 bridgehead atoms. The Morgan fingerprint density at radius 1 is 1.17 bits per heavy atom. The highest BCUT2D eigenvalue weighted by molar-refractivity contribution is 9.11. The number of benzene rings is 1. The Balaban J connectivity index is 2.73. The third kappa shape index (κ3) is 7.94. The number of carbonyl (C=O) groups is 2. The molecule has 0 radical (unpaired) electrons. The van der Waals surface area contributed by atoms with Crippen molar-refractivity contribution in [2.75, 3.05) is 13.7 Å². The molecule has 1 rings (SSSR count). The average Bonchev–Trinajstić information content (AvgIpc) is 2.39. The van der Waals surface area contributed by atoms with Crippen LogP contribution in [0.2, 0.25) is 0 Å². The van der Waals surface area contributed by atoms with Gasteiger partial charge in [-0.05, 0) is 51.0 Å². The van der Waals surface area contributed by atoms with Crippen molar-refractivity contribution in [2.24, 2.45) is 0 Å². The molecule has 0 aromatic heterocycles. The monoisotopic (exact) mass is 449 g/mol. The van der Waals surface area contributed by atoms with E-state index in [1.54, 1.807) is 20.8 Å². The van der Waals surface area contributed by atoms with Crippen LogP contribution in [0.3, 0.4) is 0 Å². The van der Waals surface area contributed by atoms with Gasteiger partial charge in [0, 0.05) is 8.95 Å². The number of hydrogen-bond donors (Lipinski definition) is 1. The second-order valence-electron chi connectivity index (χ2n) is 6.02. The van der Waals surface area contributed by atoms with E-state index >= 15 is 0 Å². The Morgan fingerprint density at radius 3 is 2.22 bits per heavy atom. The first-order chi connectivity index (χ1) is 10.6. The van der Waals surface area contributed by atoms with Gasteiger partial charge in [0.25, 0.3) is 0 Å². The summed E-state index contributed by atoms with van der Waals surface area (Å²) < 4.78 is 11.8. The minimum absolute atomic E-state index is 0.0633. The van der Waals surface area contributed by atoms with E-state index in [-0.39, 0.29) is 6.54 Å². The van der Waals surface area contributed by atoms with Crippen LogP contribution in [0, 0.1) is 0 Å². The third-order valence-electron chi connectivity index (χ3n) is 2.76. The summed E-state index contributed by atoms with van der Waals surface area (Å²) in [6.45, 7) is 5.32. The first kappa shape index (κ1) is 20.1. The normalized spacial score (nSPS) is 12.6. The number of carbonyl (C=O) groups excluding carboxylic acids is 2. The summed E-state index contributed by atoms with van der Waals surface area (Å²) in [4.78, 5) is 23.7. The summed E-state index contributed by atoms with van der Waals surface area (Å²) in [6.07, 6.45) is 0.396. The molecular weight excluding hydrogens is 430 g/mol. The standard InChI is InChI=1S/C16H21Br2NO4/c1-16(2,3)23-14(20)9-19-13(15(21)22-4)7-10-5-11(17)8-12(18)6-10/h5-6,8,13,19H,7,9H2,1-4H3/t13-/m0/s1. The zero-order valence-corrected chi connectivity index (χ0v) is 16.8. The number of esters is 2. The first-order valence-corrected chi connectivity index (χ1v) is 8.67. The third-order valence-corrected chi connectivity index (χ3v) is 3.68. The van der Waals surface area contributed by atoms with Gasteiger partial charge < -0.3 is 9.47 Å². The zero-order valence-electron chi connectivity index (χ0n) is 13.6. The van der Waals surface area contributed by atoms with Gasteiger partial charge in [0.05, 0.1) is 13.7 Å². The van der Waals surface area contributed by atoms with Crippen LogP contribution in [0.4, 0.5) is 0 Å². The van der Waals surface area contributed by atoms with Crippen LogP contribution < -0.4 is 5.32 Å². The highest BCUT2D eigenvalue weighted by Crippen LogP contribution is 2.21. The fourth-order valence-corrected chi connectivity index (χ4v) is 3.32. The Labute approximate surface area is 153 Å². The van der Waals surface area contributed by atoms with Crippen molar-refractivity contribution in [2.45, 2.75) is 38.8 Å². The Hall–Kier alpha value is -0.920. The molecular formula is C16H21Br2NO4. The topological polar surface area (TPSA) is 64.6 Å². The van der Waals surface area contributed by atoms with Crippen LogP contribution in [0.5, 0.6) is 0 Å². The maximum Gasteiger partial charge on any atom is 0.323 e. The van der Waals surface area contributed by atoms with Gasteiger partial charge in [0.2, 0.25) is 0 Å². The molecule has 1 aromatic carbocycles. The molecule has 5 nitrogen and oxygen atoms in total. The molecule has 0 saturated heterocycles. The molecule has 1 atom stereocenters. The van der Waals surface area contributed by atoms with Crippen molar-refractivity contribution < 1.29 is 19.1 Å². The summed E-state index contributed by atoms with van der Waals surface area (Å²) in [5.74, 6) is -0.841. The van der Waals surface area contributed by atoms with E-state index < -0.39 is 23.6 Å². The molecule has 0 heterocycles. The van der Waals surface area contributed by atoms with Crippen molar-refractivity contribution >= 4 is 43.8 Å². The maximum absolute atomic E-state index is 11.9. The minimum Gasteiger partial charge on any atom is -0.468 e. The van der Waals surface area contributed by atoms with Crippen LogP contribution in [0.15, 0.2) is 27.1 Å². The SMILES string of the molecule is COC(=O)[C@H](Cc1cc(Br)cc(Br)c1)NCC(=O)OC(C)(C)C. The smallest absolute Gasteiger partial charge is 0.323 e. The zero-order chi connectivity index (χ0) is 17.6. The van der Waals surface area contributed by atoms with Crippen LogP contribution in [0.25, 0.3) is 0 Å². The van der Waals surface area contributed by atoms with E-state index in [2.05, 4.69) is 37.2 Å². The maximum atomic E-state index is 11.9. The number of methoxy groups -OCH3 is 1. The highest BCUT2D eigenvalue weighted by atomic mass is 79.9. The van der Waals surface area contributed by atoms with E-state index in [0.29, 0.717) is 6.42 Å². The molecule has 0 spiro atoms. The summed E-state index contributed by atoms with van der Waals surface area (Å²) >= 11 is 6.82. The van der Waals surface area contributed by atoms with Gasteiger partial charge in [-0.25, -0.2) is 0 Å². The molecule has 23 heavy (non-hydrogen) atoms. The van der Waals surface area contributed by atoms with Crippen molar-refractivity contribution in [1.82, 2.24) is 5.32 Å². The minimum atomic E-state index is -0.631. The van der Waals surface area contributed by atoms with Gasteiger partial charge in [0.15, 0.2) is 0 Å². The van der Waals surface area contributed by atoms with Gasteiger partial charge in [-0.1, -0.05) is 31.9 Å². The molecule has 0 fully saturated rings. The number of rotatable bonds is 6. The lowest BCUT2D eigenvalue weighted by Gasteiger charge is -2.21. The molecule has 1 N–H and O–H groups in total. The van der Waals surface area contributed by atoms with Crippen LogP contribution >= 0.6 is 31.9 Å². The lowest BCUT2D eigenvalue weighted by molar-refractivity contribution is -0.154. The van der Waals surface area contributed by atoms with Gasteiger partial charge in [-0.2, -0.15) is 0 Å². The second kappa shape index (κ2) is 8.80. The molecule has 0 saturated carbocycles. The first-order valence-electron chi connectivity index (χ1n) is 7.09. The van der Waals surface area contributed by atoms with E-state index in [4.69, 9.17) is 9.47 Å². The highest BCUT2D eigenvalue weighted by Gasteiger charge is 2.22. The number of nitrogens with one attached hydrogen (secondary N) is 1. The lowest BCUT2D eigenvalue weighted by Crippen LogP contribution is -2.43. The Kier molecular flexibility index (Phi) is 7.70. The number of ether oxygens (including phenoxy) is 2. The number of halogens is 2. The van der Waals surface area contributed by atoms with Crippen molar-refractivity contribution in [1.29, 1.82) is 0 Å². The fraction of sp³-hybridized carbons (Fsp3) is 0.500. The molecule has 0 aliphatic carbocycles. The number of hydrogen-bond acceptors (Lipinski definition) is 5. The summed E-state index contributed by atoms with van der Waals surface area (Å²) in [5, 5.41) is 2.90. The Morgan fingerprint density at radius 2 is 1.74 bits per heavy atom. The van der Waals surface area contributed by atoms with Crippen molar-refractivity contribution in [3.05, 3.63) is 32.7 Å². The van der Waals surface area contributed by atoms with Crippen LogP contribution in [-0.2, 0) is 25.5 Å². The molecule has 7 heteroatoms. The van der Waals surface area contributed by atoms with Gasteiger partial charge in [-0.3, -0.25) is 14.9 Å². The van der Waals surface area contributed by atoms with Gasteiger partial charge in [0.1, 0.15) is 11.6 Å². The van der Waals surface area contributed by atoms with E-state index in [1.165, 1.54) is 7.11 Å². The van der Waals surface area contributed by atoms with E-state index in [1.807, 2.05) is 18.2 Å². The molecule has 128 valence electrons. The predicted molar refractivity (Wildman–Crippen MR) is 95.2 cm³/mol. The second-order valence-corrected chi connectivity index (χ2v) is 7.86. The fourth-order valence-electron chi connectivity index (χ4n) is 1.93. The van der Waals surface area contributed by atoms with E-state index in [0.717, 1.165) is 14.5 Å². The largest absolute Gasteiger partial charge is 0.468 e. The Bertz CT molecular complexity index is 549. The summed E-state index contributed by atoms with van der Waals surface area (Å²) in [5.41, 5.74) is 0.368. The summed E-state index contributed by atoms with van der Waals surface area (Å²) in [7, 11) is 1.32. The quantitative estimate of drug-likeness (QED) is 0.674. The molecule has 0 aliphatic rings. The van der Waals surface area contributed by atoms with Gasteiger partial charge in [-0.15, -0.1) is 0 Å². The van der Waals surface area contributed by atoms with Gasteiger partial charge >= 0.3 is 11.9 Å². The van der Waals surface area contributed by atoms with Crippen molar-refractivity contribution in [3.63, 3.8) is 0 Å². The lowest BCUT2D eigenvalue weighted by atomic mass is 10.1. The van der Waals surface area contributed by atoms with Crippen LogP contribution in [0.1, 0.15) is 26.3 Å². The molecule has 1 aromatic rings. The van der Waals surface area contributed by atoms with E-state index in [9.17, 15) is 9.59 Å².